The molecule has 0 bridgehead atoms. The van der Waals surface area contributed by atoms with Gasteiger partial charge in [0.25, 0.3) is 17.7 Å². The van der Waals surface area contributed by atoms with Crippen LogP contribution in [0.5, 0.6) is 11.8 Å². The van der Waals surface area contributed by atoms with Crippen LogP contribution in [0.3, 0.4) is 0 Å². The summed E-state index contributed by atoms with van der Waals surface area (Å²) in [4.78, 5) is 75.8. The minimum atomic E-state index is -0.345. The zero-order chi connectivity index (χ0) is 75.5. The molecule has 8 aliphatic heterocycles. The molecule has 8 aliphatic rings. The highest BCUT2D eigenvalue weighted by atomic mass is 19.1. The smallest absolute Gasteiger partial charge is 0.254 e. The quantitative estimate of drug-likeness (QED) is 0.0466. The molecule has 0 spiro atoms. The van der Waals surface area contributed by atoms with Gasteiger partial charge in [-0.25, -0.2) is 28.7 Å². The number of rotatable bonds is 18. The van der Waals surface area contributed by atoms with E-state index in [-0.39, 0.29) is 53.4 Å². The summed E-state index contributed by atoms with van der Waals surface area (Å²) in [5, 5.41) is 20.0. The number of hydrogen-bond donors (Lipinski definition) is 6. The molecule has 6 N–H and O–H groups in total. The van der Waals surface area contributed by atoms with E-state index in [9.17, 15) is 23.2 Å². The van der Waals surface area contributed by atoms with Crippen LogP contribution in [0.15, 0.2) is 140 Å². The predicted octanol–water partition coefficient (Wildman–Crippen LogP) is 11.9. The Bertz CT molecular complexity index is 5410. The van der Waals surface area contributed by atoms with E-state index in [1.165, 1.54) is 29.8 Å². The molecule has 566 valence electrons. The summed E-state index contributed by atoms with van der Waals surface area (Å²) in [6, 6.07) is 29.4. The molecule has 3 amide bonds. The number of carbonyl (C=O) groups is 3. The summed E-state index contributed by atoms with van der Waals surface area (Å²) in [6.07, 6.45) is 17.3. The number of imidazole rings is 2. The molecule has 3 atom stereocenters. The topological polar surface area (TPSA) is 280 Å². The van der Waals surface area contributed by atoms with E-state index in [4.69, 9.17) is 43.6 Å². The summed E-state index contributed by atoms with van der Waals surface area (Å²) in [7, 11) is 6.11. The van der Waals surface area contributed by atoms with E-state index < -0.39 is 0 Å². The molecule has 18 heterocycles. The molecular weight excluding hydrogens is 1420 g/mol. The Kier molecular flexibility index (Phi) is 19.1. The number of halogens is 2. The molecule has 20 rings (SSSR count). The molecule has 0 unspecified atom stereocenters. The highest BCUT2D eigenvalue weighted by Gasteiger charge is 2.35. The number of likely N-dealkylation sites (N-methyl/N-ethyl adjacent to an activating group) is 2. The summed E-state index contributed by atoms with van der Waals surface area (Å²) in [5.74, 6) is 3.02. The Morgan fingerprint density at radius 1 is 0.505 bits per heavy atom. The summed E-state index contributed by atoms with van der Waals surface area (Å²) >= 11 is 0. The van der Waals surface area contributed by atoms with Gasteiger partial charge >= 0.3 is 0 Å². The van der Waals surface area contributed by atoms with Crippen molar-refractivity contribution in [1.82, 2.24) is 74.0 Å². The SMILES string of the molecule is CCCc1nc(Nc2cnc(-c3ccnc4c3ccn4C)c3c2C(=O)NC3)ccc1[C@@H]1CCOC1.CN1CC(Oc2nc(Nc3ccc(-c4cnc5cc(F)ccn45)c4c3C(=O)NC4)ccc2[C@@H]2CCOC2)C1.CN1CC(Oc2nc(Nc3ccc(-c4cnc5cc(F)ccn45)c4c3C(=O)NC4)ccc2[C@H]2CCOC2)C1. The largest absolute Gasteiger partial charge is 0.471 e. The van der Waals surface area contributed by atoms with Crippen LogP contribution >= 0.6 is 0 Å². The lowest BCUT2D eigenvalue weighted by Gasteiger charge is -2.36. The molecule has 2 aromatic carbocycles. The summed E-state index contributed by atoms with van der Waals surface area (Å²) < 4.78 is 62.5. The van der Waals surface area contributed by atoms with E-state index >= 15 is 0 Å². The number of benzene rings is 2. The van der Waals surface area contributed by atoms with Crippen LogP contribution in [-0.4, -0.2) is 168 Å². The number of anilines is 6. The molecule has 5 saturated heterocycles. The van der Waals surface area contributed by atoms with Crippen LogP contribution in [0.2, 0.25) is 0 Å². The monoisotopic (exact) mass is 1500 g/mol. The van der Waals surface area contributed by atoms with Gasteiger partial charge in [-0.2, -0.15) is 9.97 Å². The van der Waals surface area contributed by atoms with E-state index in [1.54, 1.807) is 37.2 Å². The van der Waals surface area contributed by atoms with Gasteiger partial charge in [0.2, 0.25) is 11.8 Å². The number of pyridine rings is 7. The summed E-state index contributed by atoms with van der Waals surface area (Å²) in [5.41, 5.74) is 17.9. The number of carbonyl (C=O) groups excluding carboxylic acids is 3. The van der Waals surface area contributed by atoms with E-state index in [0.29, 0.717) is 107 Å². The first kappa shape index (κ1) is 70.8. The van der Waals surface area contributed by atoms with Crippen LogP contribution in [0, 0.1) is 11.6 Å². The van der Waals surface area contributed by atoms with Gasteiger partial charge < -0.3 is 60.2 Å². The molecule has 111 heavy (non-hydrogen) atoms. The van der Waals surface area contributed by atoms with E-state index in [1.807, 2.05) is 81.2 Å². The van der Waals surface area contributed by atoms with Gasteiger partial charge in [-0.3, -0.25) is 38.0 Å². The standard InChI is InChI=1S/2C28H27FN6O3.C27H28N6O2/c2*1-34-13-18(14-34)38-28-19(16-7-9-37-15-16)3-5-24(33-28)32-22-4-2-20(21-11-31-27(36)26(21)22)23-12-30-25-10-17(29)6-8-35(23)25;1-3-4-21-17(16-9-12-35-15-16)5-6-23(31-21)32-22-14-29-25(20-13-30-27(34)24(20)22)18-7-10-28-26-19(18)8-11-33(26)2/h2*2-6,8,10,12,16,18H,7,9,11,13-15H2,1H3,(H,31,36)(H,32,33);5-8,10-11,14,16H,3-4,9,12-13,15H2,1-2H3,(H,30,34)(H,31,32)/t3*16-/m101/s1. The Morgan fingerprint density at radius 2 is 0.982 bits per heavy atom. The highest BCUT2D eigenvalue weighted by Crippen LogP contribution is 2.43. The third kappa shape index (κ3) is 13.8. The lowest BCUT2D eigenvalue weighted by atomic mass is 9.95. The number of hydrogen-bond acceptors (Lipinski definition) is 20. The molecule has 26 nitrogen and oxygen atoms in total. The molecule has 5 fully saturated rings. The van der Waals surface area contributed by atoms with Crippen LogP contribution in [0.1, 0.15) is 121 Å². The average Bonchev–Trinajstić information content (AvgIpc) is 1.66. The first-order valence-electron chi connectivity index (χ1n) is 37.8. The maximum absolute atomic E-state index is 13.7. The normalized spacial score (nSPS) is 18.7. The minimum absolute atomic E-state index is 0.0991. The van der Waals surface area contributed by atoms with Gasteiger partial charge in [0.1, 0.15) is 58.2 Å². The third-order valence-corrected chi connectivity index (χ3v) is 22.1. The number of nitrogens with zero attached hydrogens (tertiary/aromatic N) is 12. The van der Waals surface area contributed by atoms with Crippen molar-refractivity contribution in [3.05, 3.63) is 208 Å². The van der Waals surface area contributed by atoms with Crippen molar-refractivity contribution in [2.24, 2.45) is 7.05 Å². The molecule has 10 aromatic heterocycles. The first-order valence-corrected chi connectivity index (χ1v) is 37.8. The van der Waals surface area contributed by atoms with Crippen molar-refractivity contribution in [1.29, 1.82) is 0 Å². The predicted molar refractivity (Wildman–Crippen MR) is 414 cm³/mol. The maximum atomic E-state index is 13.7. The van der Waals surface area contributed by atoms with Crippen molar-refractivity contribution >= 4 is 74.6 Å². The number of aryl methyl sites for hydroxylation is 2. The maximum Gasteiger partial charge on any atom is 0.254 e. The number of ether oxygens (including phenoxy) is 5. The molecule has 28 heteroatoms. The van der Waals surface area contributed by atoms with E-state index in [0.717, 1.165) is 169 Å². The fourth-order valence-electron chi connectivity index (χ4n) is 16.4. The van der Waals surface area contributed by atoms with Crippen LogP contribution in [-0.2, 0) is 47.3 Å². The van der Waals surface area contributed by atoms with E-state index in [2.05, 4.69) is 95.9 Å². The minimum Gasteiger partial charge on any atom is -0.471 e. The molecular formula is C83H82F2N18O8. The van der Waals surface area contributed by atoms with Crippen molar-refractivity contribution in [3.8, 4) is 45.5 Å². The molecule has 0 saturated carbocycles. The molecule has 0 aliphatic carbocycles. The van der Waals surface area contributed by atoms with Gasteiger partial charge in [-0.15, -0.1) is 0 Å². The number of aromatic nitrogens is 10. The Morgan fingerprint density at radius 3 is 1.48 bits per heavy atom. The second-order valence-corrected chi connectivity index (χ2v) is 29.5. The van der Waals surface area contributed by atoms with Gasteiger partial charge in [0.15, 0.2) is 0 Å². The van der Waals surface area contributed by atoms with Gasteiger partial charge in [0, 0.05) is 172 Å². The summed E-state index contributed by atoms with van der Waals surface area (Å²) in [6.45, 7) is 11.2. The third-order valence-electron chi connectivity index (χ3n) is 22.1. The zero-order valence-electron chi connectivity index (χ0n) is 61.8. The van der Waals surface area contributed by atoms with Gasteiger partial charge in [0.05, 0.1) is 89.2 Å². The second-order valence-electron chi connectivity index (χ2n) is 29.5. The molecule has 0 radical (unpaired) electrons. The van der Waals surface area contributed by atoms with Crippen LogP contribution in [0.4, 0.5) is 43.3 Å². The highest BCUT2D eigenvalue weighted by molar-refractivity contribution is 6.08. The van der Waals surface area contributed by atoms with Crippen molar-refractivity contribution < 1.29 is 46.8 Å². The number of amides is 3. The van der Waals surface area contributed by atoms with Crippen molar-refractivity contribution in [3.63, 3.8) is 0 Å². The number of fused-ring (bicyclic) bond motifs is 6. The van der Waals surface area contributed by atoms with Crippen LogP contribution < -0.4 is 41.4 Å². The lowest BCUT2D eigenvalue weighted by Crippen LogP contribution is -2.51. The van der Waals surface area contributed by atoms with Crippen molar-refractivity contribution in [2.45, 2.75) is 88.6 Å². The number of likely N-dealkylation sites (tertiary alicyclic amines) is 2. The fourth-order valence-corrected chi connectivity index (χ4v) is 16.4. The Labute approximate surface area is 637 Å². The van der Waals surface area contributed by atoms with Crippen molar-refractivity contribution in [2.75, 3.05) is 95.9 Å². The fraction of sp³-hybridized carbons (Fsp3) is 0.325. The lowest BCUT2D eigenvalue weighted by molar-refractivity contribution is 0.0344. The molecule has 12 aromatic rings. The van der Waals surface area contributed by atoms with Gasteiger partial charge in [-0.05, 0) is 123 Å². The second kappa shape index (κ2) is 29.9. The van der Waals surface area contributed by atoms with Crippen LogP contribution in [0.25, 0.3) is 56.1 Å². The number of nitrogens with one attached hydrogen (secondary N) is 6. The first-order chi connectivity index (χ1) is 54.2. The average molecular weight is 1500 g/mol. The Balaban J connectivity index is 0.000000117. The van der Waals surface area contributed by atoms with Gasteiger partial charge in [-0.1, -0.05) is 31.5 Å². The Hall–Kier alpha value is -11.8. The zero-order valence-corrected chi connectivity index (χ0v) is 61.8.